The lowest BCUT2D eigenvalue weighted by molar-refractivity contribution is -0.139. The van der Waals surface area contributed by atoms with Crippen molar-refractivity contribution in [2.24, 2.45) is 5.73 Å². The highest BCUT2D eigenvalue weighted by molar-refractivity contribution is 8.04. The van der Waals surface area contributed by atoms with E-state index in [1.165, 1.54) is 0 Å². The lowest BCUT2D eigenvalue weighted by Crippen LogP contribution is -2.49. The van der Waals surface area contributed by atoms with Crippen LogP contribution in [0, 0.1) is 0 Å². The monoisotopic (exact) mass is 401 g/mol. The smallest absolute Gasteiger partial charge is 0.322 e. The molecule has 0 saturated heterocycles. The quantitative estimate of drug-likeness (QED) is 0.320. The van der Waals surface area contributed by atoms with Crippen molar-refractivity contribution in [2.45, 2.75) is 24.9 Å². The number of hydrogen-bond acceptors (Lipinski definition) is 6. The number of hydrogen-bond donors (Lipinski definition) is 5. The highest BCUT2D eigenvalue weighted by Gasteiger charge is 2.22. The van der Waals surface area contributed by atoms with Gasteiger partial charge < -0.3 is 26.6 Å². The number of carboxylic acid groups (broad SMARTS) is 2. The summed E-state index contributed by atoms with van der Waals surface area (Å²) in [7, 11) is 0. The summed E-state index contributed by atoms with van der Waals surface area (Å²) in [5.41, 5.74) is 6.36. The molecule has 0 aliphatic rings. The van der Waals surface area contributed by atoms with Crippen molar-refractivity contribution in [1.29, 1.82) is 0 Å². The summed E-state index contributed by atoms with van der Waals surface area (Å²) in [6.07, 6.45) is -0.319. The number of carbonyl (C=O) groups is 4. The van der Waals surface area contributed by atoms with E-state index in [9.17, 15) is 19.2 Å². The van der Waals surface area contributed by atoms with Crippen LogP contribution in [0.25, 0.3) is 0 Å². The molecule has 0 aromatic rings. The van der Waals surface area contributed by atoms with Gasteiger partial charge in [0.25, 0.3) is 0 Å². The summed E-state index contributed by atoms with van der Waals surface area (Å²) in [5.74, 6) is -3.81. The average Bonchev–Trinajstić information content (AvgIpc) is 2.53. The number of carbonyl (C=O) groups excluding carboxylic acids is 2. The van der Waals surface area contributed by atoms with Crippen LogP contribution < -0.4 is 16.4 Å². The molecule has 0 aliphatic heterocycles. The largest absolute Gasteiger partial charge is 0.480 e. The Morgan fingerprint density at radius 2 is 1.88 bits per heavy atom. The standard InChI is InChI=1S/C12H17Cl2N3O6S/c13-3-8(14)24-5-7(11(21)16-4-10(19)20)17-9(18)2-1-6(15)12(22)23/h3,6-7H,1-2,4-5,15H2,(H,16,21)(H,17,18)(H,19,20)(H,22,23)/b8-3+/t6-,7-/m0/s1. The zero-order valence-corrected chi connectivity index (χ0v) is 14.7. The van der Waals surface area contributed by atoms with Crippen LogP contribution in [0.1, 0.15) is 12.8 Å². The first-order chi connectivity index (χ1) is 11.2. The van der Waals surface area contributed by atoms with Crippen LogP contribution >= 0.6 is 35.0 Å². The van der Waals surface area contributed by atoms with Crippen LogP contribution in [0.5, 0.6) is 0 Å². The van der Waals surface area contributed by atoms with Gasteiger partial charge in [-0.1, -0.05) is 23.2 Å². The van der Waals surface area contributed by atoms with E-state index in [1.54, 1.807) is 0 Å². The maximum absolute atomic E-state index is 11.9. The zero-order chi connectivity index (χ0) is 18.7. The van der Waals surface area contributed by atoms with Gasteiger partial charge in [-0.3, -0.25) is 19.2 Å². The second-order valence-corrected chi connectivity index (χ2v) is 6.35. The Morgan fingerprint density at radius 3 is 2.38 bits per heavy atom. The molecule has 6 N–H and O–H groups in total. The van der Waals surface area contributed by atoms with E-state index in [1.807, 2.05) is 0 Å². The lowest BCUT2D eigenvalue weighted by atomic mass is 10.1. The van der Waals surface area contributed by atoms with Crippen LogP contribution in [0.15, 0.2) is 9.90 Å². The van der Waals surface area contributed by atoms with Crippen molar-refractivity contribution in [3.05, 3.63) is 9.90 Å². The van der Waals surface area contributed by atoms with Gasteiger partial charge in [0.15, 0.2) is 0 Å². The minimum absolute atomic E-state index is 0.00420. The summed E-state index contributed by atoms with van der Waals surface area (Å²) >= 11 is 12.0. The molecule has 0 aliphatic carbocycles. The Hall–Kier alpha value is -1.49. The molecule has 136 valence electrons. The minimum atomic E-state index is -1.24. The van der Waals surface area contributed by atoms with Crippen molar-refractivity contribution in [2.75, 3.05) is 12.3 Å². The van der Waals surface area contributed by atoms with Crippen LogP contribution in [-0.4, -0.2) is 58.3 Å². The van der Waals surface area contributed by atoms with E-state index >= 15 is 0 Å². The maximum atomic E-state index is 11.9. The molecule has 2 amide bonds. The van der Waals surface area contributed by atoms with Gasteiger partial charge in [0.05, 0.1) is 4.36 Å². The second kappa shape index (κ2) is 12.0. The summed E-state index contributed by atoms with van der Waals surface area (Å²) in [6.45, 7) is -0.612. The number of nitrogens with two attached hydrogens (primary N) is 1. The van der Waals surface area contributed by atoms with Gasteiger partial charge in [0.2, 0.25) is 11.8 Å². The molecule has 0 aromatic heterocycles. The molecular formula is C12H17Cl2N3O6S. The number of amides is 2. The first-order valence-corrected chi connectivity index (χ1v) is 8.33. The Morgan fingerprint density at radius 1 is 1.25 bits per heavy atom. The first-order valence-electron chi connectivity index (χ1n) is 6.53. The van der Waals surface area contributed by atoms with E-state index in [0.717, 1.165) is 17.3 Å². The predicted molar refractivity (Wildman–Crippen MR) is 89.7 cm³/mol. The molecule has 0 bridgehead atoms. The normalized spacial score (nSPS) is 13.7. The van der Waals surface area contributed by atoms with Gasteiger partial charge in [0.1, 0.15) is 18.6 Å². The van der Waals surface area contributed by atoms with E-state index in [0.29, 0.717) is 0 Å². The second-order valence-electron chi connectivity index (χ2n) is 4.44. The van der Waals surface area contributed by atoms with Crippen molar-refractivity contribution in [3.8, 4) is 0 Å². The highest BCUT2D eigenvalue weighted by Crippen LogP contribution is 2.21. The van der Waals surface area contributed by atoms with Crippen LogP contribution in [-0.2, 0) is 19.2 Å². The van der Waals surface area contributed by atoms with E-state index < -0.39 is 42.4 Å². The van der Waals surface area contributed by atoms with Crippen molar-refractivity contribution in [1.82, 2.24) is 10.6 Å². The van der Waals surface area contributed by atoms with Crippen molar-refractivity contribution < 1.29 is 29.4 Å². The van der Waals surface area contributed by atoms with Crippen molar-refractivity contribution in [3.63, 3.8) is 0 Å². The summed E-state index contributed by atoms with van der Waals surface area (Å²) in [4.78, 5) is 44.8. The van der Waals surface area contributed by atoms with Crippen LogP contribution in [0.3, 0.4) is 0 Å². The van der Waals surface area contributed by atoms with Crippen LogP contribution in [0.4, 0.5) is 0 Å². The molecule has 0 rings (SSSR count). The van der Waals surface area contributed by atoms with Crippen molar-refractivity contribution >= 4 is 58.7 Å². The lowest BCUT2D eigenvalue weighted by Gasteiger charge is -2.18. The van der Waals surface area contributed by atoms with Gasteiger partial charge in [-0.15, -0.1) is 11.8 Å². The van der Waals surface area contributed by atoms with E-state index in [4.69, 9.17) is 39.1 Å². The minimum Gasteiger partial charge on any atom is -0.480 e. The van der Waals surface area contributed by atoms with Gasteiger partial charge in [-0.2, -0.15) is 0 Å². The Bertz CT molecular complexity index is 517. The fraction of sp³-hybridized carbons (Fsp3) is 0.500. The molecule has 2 atom stereocenters. The van der Waals surface area contributed by atoms with Crippen LogP contribution in [0.2, 0.25) is 0 Å². The summed E-state index contributed by atoms with van der Waals surface area (Å²) in [6, 6.07) is -2.27. The van der Waals surface area contributed by atoms with Gasteiger partial charge in [0, 0.05) is 17.7 Å². The zero-order valence-electron chi connectivity index (χ0n) is 12.3. The third-order valence-electron chi connectivity index (χ3n) is 2.54. The number of nitrogens with one attached hydrogen (secondary N) is 2. The number of rotatable bonds is 11. The third-order valence-corrected chi connectivity index (χ3v) is 4.33. The molecule has 0 saturated carbocycles. The number of thioether (sulfide) groups is 1. The molecule has 0 radical (unpaired) electrons. The topological polar surface area (TPSA) is 159 Å². The molecular weight excluding hydrogens is 385 g/mol. The SMILES string of the molecule is N[C@@H](CCC(=O)N[C@@H](CS/C(Cl)=C/Cl)C(=O)NCC(=O)O)C(=O)O. The van der Waals surface area contributed by atoms with E-state index in [-0.39, 0.29) is 23.0 Å². The number of halogens is 2. The highest BCUT2D eigenvalue weighted by atomic mass is 35.5. The fourth-order valence-electron chi connectivity index (χ4n) is 1.34. The number of carboxylic acids is 2. The molecule has 12 heteroatoms. The summed E-state index contributed by atoms with van der Waals surface area (Å²) < 4.78 is 0.176. The fourth-order valence-corrected chi connectivity index (χ4v) is 2.34. The Kier molecular flexibility index (Phi) is 11.2. The molecule has 0 spiro atoms. The molecule has 24 heavy (non-hydrogen) atoms. The molecule has 0 unspecified atom stereocenters. The van der Waals surface area contributed by atoms with E-state index in [2.05, 4.69) is 10.6 Å². The van der Waals surface area contributed by atoms with Gasteiger partial charge >= 0.3 is 11.9 Å². The first kappa shape index (κ1) is 22.5. The van der Waals surface area contributed by atoms with Gasteiger partial charge in [-0.25, -0.2) is 0 Å². The number of aliphatic carboxylic acids is 2. The third kappa shape index (κ3) is 10.3. The molecule has 0 aromatic carbocycles. The Balaban J connectivity index is 4.66. The predicted octanol–water partition coefficient (Wildman–Crippen LogP) is -0.126. The van der Waals surface area contributed by atoms with Gasteiger partial charge in [-0.05, 0) is 6.42 Å². The molecule has 0 heterocycles. The Labute approximate surface area is 151 Å². The molecule has 9 nitrogen and oxygen atoms in total. The summed E-state index contributed by atoms with van der Waals surface area (Å²) in [5, 5.41) is 21.7. The maximum Gasteiger partial charge on any atom is 0.322 e. The molecule has 0 fully saturated rings. The average molecular weight is 402 g/mol.